The minimum atomic E-state index is -5.22. The number of carbonyl (C=O) groups excluding carboxylic acids is 2. The van der Waals surface area contributed by atoms with Crippen LogP contribution in [-0.2, 0) is 26.6 Å². The van der Waals surface area contributed by atoms with Crippen molar-refractivity contribution in [3.05, 3.63) is 57.5 Å². The summed E-state index contributed by atoms with van der Waals surface area (Å²) in [6.07, 6.45) is -10.9. The highest BCUT2D eigenvalue weighted by molar-refractivity contribution is 5.98. The van der Waals surface area contributed by atoms with Crippen molar-refractivity contribution in [2.24, 2.45) is 0 Å². The minimum absolute atomic E-state index is 0.0693. The summed E-state index contributed by atoms with van der Waals surface area (Å²) in [5, 5.41) is 3.51. The molecule has 0 aliphatic carbocycles. The van der Waals surface area contributed by atoms with Gasteiger partial charge in [-0.15, -0.1) is 0 Å². The molecule has 1 saturated heterocycles. The van der Waals surface area contributed by atoms with Gasteiger partial charge in [-0.1, -0.05) is 6.07 Å². The molecule has 1 aromatic heterocycles. The zero-order valence-corrected chi connectivity index (χ0v) is 18.5. The van der Waals surface area contributed by atoms with Crippen LogP contribution in [0.1, 0.15) is 35.0 Å². The lowest BCUT2D eigenvalue weighted by atomic mass is 9.97. The Kier molecular flexibility index (Phi) is 6.72. The highest BCUT2D eigenvalue weighted by atomic mass is 19.4. The molecule has 0 bridgehead atoms. The van der Waals surface area contributed by atoms with E-state index in [0.29, 0.717) is 12.1 Å². The van der Waals surface area contributed by atoms with Crippen LogP contribution in [-0.4, -0.2) is 59.0 Å². The van der Waals surface area contributed by atoms with E-state index >= 15 is 0 Å². The first-order valence-electron chi connectivity index (χ1n) is 9.96. The lowest BCUT2D eigenvalue weighted by Gasteiger charge is -2.32. The van der Waals surface area contributed by atoms with Gasteiger partial charge in [0, 0.05) is 26.1 Å². The Morgan fingerprint density at radius 3 is 2.29 bits per heavy atom. The molecule has 8 nitrogen and oxygen atoms in total. The zero-order chi connectivity index (χ0) is 26.3. The molecule has 1 aliphatic heterocycles. The normalized spacial score (nSPS) is 20.7. The standard InChI is InChI=1S/C21H19F6N3O5/c1-19(18(33)35-3)9-13(34-2)10-29(19)17(32)16-14(21(25,26)27)8-15(31)30(28-16)12-6-4-5-11(7-12)20(22,23)24/h4-8,13H,9-10H2,1-3H3. The Hall–Kier alpha value is -3.42. The molecule has 1 aromatic carbocycles. The summed E-state index contributed by atoms with van der Waals surface area (Å²) in [4.78, 5) is 39.0. The molecule has 1 aliphatic rings. The number of alkyl halides is 6. The van der Waals surface area contributed by atoms with Gasteiger partial charge in [0.15, 0.2) is 5.69 Å². The quantitative estimate of drug-likeness (QED) is 0.467. The predicted octanol–water partition coefficient (Wildman–Crippen LogP) is 3.06. The van der Waals surface area contributed by atoms with Crippen LogP contribution in [0.3, 0.4) is 0 Å². The number of hydrogen-bond acceptors (Lipinski definition) is 6. The number of halogens is 6. The molecule has 1 amide bonds. The molecule has 14 heteroatoms. The van der Waals surface area contributed by atoms with Gasteiger partial charge in [-0.05, 0) is 25.1 Å². The van der Waals surface area contributed by atoms with Gasteiger partial charge in [0.05, 0.1) is 30.0 Å². The molecule has 2 unspecified atom stereocenters. The number of methoxy groups -OCH3 is 2. The van der Waals surface area contributed by atoms with Crippen LogP contribution in [0.4, 0.5) is 26.3 Å². The largest absolute Gasteiger partial charge is 0.467 e. The van der Waals surface area contributed by atoms with Gasteiger partial charge in [0.2, 0.25) is 0 Å². The number of hydrogen-bond donors (Lipinski definition) is 0. The molecule has 2 atom stereocenters. The Labute approximate surface area is 194 Å². The summed E-state index contributed by atoms with van der Waals surface area (Å²) < 4.78 is 90.8. The summed E-state index contributed by atoms with van der Waals surface area (Å²) in [5.74, 6) is -2.31. The maximum atomic E-state index is 13.8. The number of benzene rings is 1. The lowest BCUT2D eigenvalue weighted by molar-refractivity contribution is -0.151. The van der Waals surface area contributed by atoms with E-state index in [1.165, 1.54) is 14.0 Å². The van der Waals surface area contributed by atoms with Crippen LogP contribution in [0.15, 0.2) is 35.1 Å². The Bertz CT molecular complexity index is 1210. The predicted molar refractivity (Wildman–Crippen MR) is 107 cm³/mol. The average Bonchev–Trinajstić information content (AvgIpc) is 3.14. The highest BCUT2D eigenvalue weighted by Gasteiger charge is 2.53. The third-order valence-electron chi connectivity index (χ3n) is 5.67. The first kappa shape index (κ1) is 26.2. The molecule has 0 radical (unpaired) electrons. The van der Waals surface area contributed by atoms with E-state index in [1.807, 2.05) is 0 Å². The van der Waals surface area contributed by atoms with Crippen molar-refractivity contribution < 1.29 is 45.4 Å². The highest BCUT2D eigenvalue weighted by Crippen LogP contribution is 2.36. The number of amides is 1. The van der Waals surface area contributed by atoms with Crippen molar-refractivity contribution in [1.82, 2.24) is 14.7 Å². The summed E-state index contributed by atoms with van der Waals surface area (Å²) in [7, 11) is 2.31. The van der Waals surface area contributed by atoms with Crippen molar-refractivity contribution in [3.63, 3.8) is 0 Å². The summed E-state index contributed by atoms with van der Waals surface area (Å²) in [6.45, 7) is 0.967. The van der Waals surface area contributed by atoms with Gasteiger partial charge in [-0.3, -0.25) is 9.59 Å². The third-order valence-corrected chi connectivity index (χ3v) is 5.67. The minimum Gasteiger partial charge on any atom is -0.467 e. The van der Waals surface area contributed by atoms with E-state index in [4.69, 9.17) is 9.47 Å². The Morgan fingerprint density at radius 1 is 1.09 bits per heavy atom. The second kappa shape index (κ2) is 8.98. The van der Waals surface area contributed by atoms with E-state index in [9.17, 15) is 40.7 Å². The zero-order valence-electron chi connectivity index (χ0n) is 18.5. The van der Waals surface area contributed by atoms with Gasteiger partial charge < -0.3 is 14.4 Å². The summed E-state index contributed by atoms with van der Waals surface area (Å²) >= 11 is 0. The number of aromatic nitrogens is 2. The van der Waals surface area contributed by atoms with Crippen LogP contribution >= 0.6 is 0 Å². The van der Waals surface area contributed by atoms with Crippen molar-refractivity contribution in [2.75, 3.05) is 20.8 Å². The fraction of sp³-hybridized carbons (Fsp3) is 0.429. The van der Waals surface area contributed by atoms with Gasteiger partial charge >= 0.3 is 18.3 Å². The van der Waals surface area contributed by atoms with Crippen LogP contribution in [0.5, 0.6) is 0 Å². The van der Waals surface area contributed by atoms with Crippen LogP contribution in [0, 0.1) is 0 Å². The lowest BCUT2D eigenvalue weighted by Crippen LogP contribution is -2.52. The molecule has 2 heterocycles. The number of nitrogens with zero attached hydrogens (tertiary/aromatic N) is 3. The fourth-order valence-electron chi connectivity index (χ4n) is 3.86. The maximum Gasteiger partial charge on any atom is 0.418 e. The summed E-state index contributed by atoms with van der Waals surface area (Å²) in [6, 6.07) is 3.22. The Morgan fingerprint density at radius 2 is 1.74 bits per heavy atom. The number of ether oxygens (including phenoxy) is 2. The van der Waals surface area contributed by atoms with Crippen LogP contribution < -0.4 is 5.56 Å². The van der Waals surface area contributed by atoms with Crippen molar-refractivity contribution in [3.8, 4) is 5.69 Å². The monoisotopic (exact) mass is 507 g/mol. The van der Waals surface area contributed by atoms with Gasteiger partial charge in [-0.25, -0.2) is 4.79 Å². The molecule has 3 rings (SSSR count). The number of carbonyl (C=O) groups is 2. The third kappa shape index (κ3) is 4.88. The fourth-order valence-corrected chi connectivity index (χ4v) is 3.86. The van der Waals surface area contributed by atoms with E-state index in [1.54, 1.807) is 0 Å². The molecule has 0 saturated carbocycles. The molecule has 0 spiro atoms. The first-order valence-corrected chi connectivity index (χ1v) is 9.96. The van der Waals surface area contributed by atoms with Crippen molar-refractivity contribution in [2.45, 2.75) is 37.3 Å². The van der Waals surface area contributed by atoms with Gasteiger partial charge in [0.25, 0.3) is 11.5 Å². The maximum absolute atomic E-state index is 13.8. The topological polar surface area (TPSA) is 90.7 Å². The number of rotatable bonds is 4. The first-order chi connectivity index (χ1) is 16.1. The molecule has 190 valence electrons. The molecular formula is C21H19F6N3O5. The second-order valence-corrected chi connectivity index (χ2v) is 7.95. The molecule has 1 fully saturated rings. The van der Waals surface area contributed by atoms with Crippen LogP contribution in [0.2, 0.25) is 0 Å². The van der Waals surface area contributed by atoms with E-state index < -0.39 is 63.9 Å². The van der Waals surface area contributed by atoms with Crippen LogP contribution in [0.25, 0.3) is 5.69 Å². The van der Waals surface area contributed by atoms with Crippen molar-refractivity contribution in [1.29, 1.82) is 0 Å². The summed E-state index contributed by atoms with van der Waals surface area (Å²) in [5.41, 5.74) is -7.82. The average molecular weight is 507 g/mol. The van der Waals surface area contributed by atoms with E-state index in [0.717, 1.165) is 24.1 Å². The van der Waals surface area contributed by atoms with Gasteiger partial charge in [-0.2, -0.15) is 36.1 Å². The van der Waals surface area contributed by atoms with Gasteiger partial charge in [0.1, 0.15) is 5.54 Å². The molecule has 2 aromatic rings. The Balaban J connectivity index is 2.22. The smallest absolute Gasteiger partial charge is 0.418 e. The number of likely N-dealkylation sites (tertiary alicyclic amines) is 1. The number of esters is 1. The molecule has 35 heavy (non-hydrogen) atoms. The van der Waals surface area contributed by atoms with E-state index in [-0.39, 0.29) is 23.7 Å². The van der Waals surface area contributed by atoms with E-state index in [2.05, 4.69) is 5.10 Å². The SMILES string of the molecule is COC(=O)C1(C)CC(OC)CN1C(=O)c1nn(-c2cccc(C(F)(F)F)c2)c(=O)cc1C(F)(F)F. The molecule has 0 N–H and O–H groups in total. The molecular weight excluding hydrogens is 488 g/mol. The van der Waals surface area contributed by atoms with Crippen molar-refractivity contribution >= 4 is 11.9 Å². The second-order valence-electron chi connectivity index (χ2n) is 7.95.